The summed E-state index contributed by atoms with van der Waals surface area (Å²) < 4.78 is 5.02. The molecule has 3 rings (SSSR count). The quantitative estimate of drug-likeness (QED) is 0.755. The molecule has 2 fully saturated rings. The van der Waals surface area contributed by atoms with Gasteiger partial charge in [0.2, 0.25) is 0 Å². The predicted octanol–water partition coefficient (Wildman–Crippen LogP) is 2.17. The molecule has 1 aromatic heterocycles. The van der Waals surface area contributed by atoms with Crippen molar-refractivity contribution in [2.24, 2.45) is 5.92 Å². The summed E-state index contributed by atoms with van der Waals surface area (Å²) in [6.07, 6.45) is 9.91. The van der Waals surface area contributed by atoms with E-state index in [1.807, 2.05) is 12.1 Å². The Morgan fingerprint density at radius 2 is 2.33 bits per heavy atom. The lowest BCUT2D eigenvalue weighted by molar-refractivity contribution is 0.301. The van der Waals surface area contributed by atoms with E-state index in [-0.39, 0.29) is 0 Å². The van der Waals surface area contributed by atoms with Crippen molar-refractivity contribution in [1.82, 2.24) is 10.1 Å². The van der Waals surface area contributed by atoms with Crippen molar-refractivity contribution in [3.8, 4) is 0 Å². The lowest BCUT2D eigenvalue weighted by Crippen LogP contribution is -2.24. The highest BCUT2D eigenvalue weighted by molar-refractivity contribution is 5.41. The molecule has 2 aliphatic heterocycles. The molecule has 1 atom stereocenters. The molecule has 3 nitrogen and oxygen atoms in total. The van der Waals surface area contributed by atoms with Crippen LogP contribution in [-0.2, 0) is 0 Å². The number of hydrogen-bond donors (Lipinski definition) is 0. The van der Waals surface area contributed by atoms with E-state index in [0.29, 0.717) is 0 Å². The standard InChI is InChI=1S/C12H16N2O/c1(2-11-4-7-13-15-11)3-12-10-5-8-14(12)9-6-10/h1-2,4,7,10,12H,3,5-6,8-9H2/b2-1-. The van der Waals surface area contributed by atoms with Gasteiger partial charge in [-0.2, -0.15) is 0 Å². The first kappa shape index (κ1) is 9.16. The number of rotatable bonds is 3. The second kappa shape index (κ2) is 3.81. The Kier molecular flexibility index (Phi) is 2.33. The first-order chi connectivity index (χ1) is 7.43. The van der Waals surface area contributed by atoms with Gasteiger partial charge in [-0.05, 0) is 44.3 Å². The van der Waals surface area contributed by atoms with Crippen LogP contribution in [-0.4, -0.2) is 29.2 Å². The molecule has 15 heavy (non-hydrogen) atoms. The summed E-state index contributed by atoms with van der Waals surface area (Å²) in [5.41, 5.74) is 0. The Bertz CT molecular complexity index is 325. The minimum Gasteiger partial charge on any atom is -0.357 e. The molecule has 2 saturated heterocycles. The minimum atomic E-state index is 0.796. The van der Waals surface area contributed by atoms with E-state index in [0.717, 1.165) is 24.1 Å². The van der Waals surface area contributed by atoms with Crippen LogP contribution in [0.25, 0.3) is 6.08 Å². The Labute approximate surface area is 89.7 Å². The highest BCUT2D eigenvalue weighted by atomic mass is 16.5. The summed E-state index contributed by atoms with van der Waals surface area (Å²) in [6, 6.07) is 2.68. The third-order valence-electron chi connectivity index (χ3n) is 3.70. The number of fused-ring (bicyclic) bond motifs is 2. The van der Waals surface area contributed by atoms with Crippen LogP contribution in [0.5, 0.6) is 0 Å². The number of aromatic nitrogens is 1. The average Bonchev–Trinajstić information content (AvgIpc) is 2.96. The molecular formula is C12H16N2O. The first-order valence-corrected chi connectivity index (χ1v) is 5.75. The van der Waals surface area contributed by atoms with Crippen LogP contribution in [0.15, 0.2) is 22.9 Å². The Hall–Kier alpha value is -1.09. The van der Waals surface area contributed by atoms with E-state index < -0.39 is 0 Å². The molecule has 0 saturated carbocycles. The van der Waals surface area contributed by atoms with Crippen molar-refractivity contribution in [2.75, 3.05) is 13.1 Å². The van der Waals surface area contributed by atoms with Crippen molar-refractivity contribution in [3.05, 3.63) is 24.1 Å². The van der Waals surface area contributed by atoms with E-state index in [1.54, 1.807) is 6.20 Å². The highest BCUT2D eigenvalue weighted by Crippen LogP contribution is 2.36. The molecule has 1 aromatic rings. The SMILES string of the molecule is C(=C/c1ccno1)/CC1C2CCN1CC2. The third kappa shape index (κ3) is 1.72. The lowest BCUT2D eigenvalue weighted by Gasteiger charge is -2.16. The molecule has 3 heteroatoms. The topological polar surface area (TPSA) is 29.3 Å². The molecule has 0 N–H and O–H groups in total. The van der Waals surface area contributed by atoms with Gasteiger partial charge in [0.05, 0.1) is 6.20 Å². The van der Waals surface area contributed by atoms with Gasteiger partial charge in [0.25, 0.3) is 0 Å². The zero-order chi connectivity index (χ0) is 10.1. The first-order valence-electron chi connectivity index (χ1n) is 5.75. The smallest absolute Gasteiger partial charge is 0.159 e. The van der Waals surface area contributed by atoms with Gasteiger partial charge in [-0.1, -0.05) is 11.2 Å². The van der Waals surface area contributed by atoms with Crippen LogP contribution >= 0.6 is 0 Å². The molecule has 2 bridgehead atoms. The summed E-state index contributed by atoms with van der Waals surface area (Å²) >= 11 is 0. The fraction of sp³-hybridized carbons (Fsp3) is 0.583. The van der Waals surface area contributed by atoms with Crippen molar-refractivity contribution in [3.63, 3.8) is 0 Å². The summed E-state index contributed by atoms with van der Waals surface area (Å²) in [7, 11) is 0. The summed E-state index contributed by atoms with van der Waals surface area (Å²) in [5, 5.41) is 3.68. The van der Waals surface area contributed by atoms with E-state index in [4.69, 9.17) is 4.52 Å². The molecule has 0 amide bonds. The van der Waals surface area contributed by atoms with Crippen LogP contribution in [0, 0.1) is 5.92 Å². The molecule has 3 heterocycles. The Morgan fingerprint density at radius 1 is 1.47 bits per heavy atom. The van der Waals surface area contributed by atoms with E-state index in [2.05, 4.69) is 16.1 Å². The van der Waals surface area contributed by atoms with Crippen LogP contribution in [0.2, 0.25) is 0 Å². The van der Waals surface area contributed by atoms with Gasteiger partial charge in [-0.15, -0.1) is 0 Å². The highest BCUT2D eigenvalue weighted by Gasteiger charge is 2.38. The molecule has 1 unspecified atom stereocenters. The maximum absolute atomic E-state index is 5.02. The fourth-order valence-corrected chi connectivity index (χ4v) is 2.91. The molecule has 80 valence electrons. The average molecular weight is 204 g/mol. The van der Waals surface area contributed by atoms with E-state index in [1.165, 1.54) is 25.9 Å². The van der Waals surface area contributed by atoms with Crippen molar-refractivity contribution in [2.45, 2.75) is 25.3 Å². The monoisotopic (exact) mass is 204 g/mol. The lowest BCUT2D eigenvalue weighted by atomic mass is 9.97. The molecule has 0 radical (unpaired) electrons. The molecule has 0 spiro atoms. The summed E-state index contributed by atoms with van der Waals surface area (Å²) in [4.78, 5) is 2.62. The predicted molar refractivity (Wildman–Crippen MR) is 58.2 cm³/mol. The van der Waals surface area contributed by atoms with Gasteiger partial charge in [-0.25, -0.2) is 0 Å². The van der Waals surface area contributed by atoms with E-state index >= 15 is 0 Å². The van der Waals surface area contributed by atoms with Crippen LogP contribution in [0.4, 0.5) is 0 Å². The zero-order valence-corrected chi connectivity index (χ0v) is 8.80. The largest absolute Gasteiger partial charge is 0.357 e. The zero-order valence-electron chi connectivity index (χ0n) is 8.80. The second-order valence-electron chi connectivity index (χ2n) is 4.49. The number of hydrogen-bond acceptors (Lipinski definition) is 3. The van der Waals surface area contributed by atoms with Crippen LogP contribution in [0.3, 0.4) is 0 Å². The molecule has 2 aliphatic rings. The Morgan fingerprint density at radius 3 is 2.93 bits per heavy atom. The van der Waals surface area contributed by atoms with Gasteiger partial charge < -0.3 is 4.52 Å². The normalized spacial score (nSPS) is 34.3. The van der Waals surface area contributed by atoms with Gasteiger partial charge in [0.15, 0.2) is 5.76 Å². The number of nitrogens with zero attached hydrogens (tertiary/aromatic N) is 2. The summed E-state index contributed by atoms with van der Waals surface area (Å²) in [6.45, 7) is 2.62. The third-order valence-corrected chi connectivity index (χ3v) is 3.70. The molecule has 0 aliphatic carbocycles. The number of piperidine rings is 1. The van der Waals surface area contributed by atoms with Gasteiger partial charge in [-0.3, -0.25) is 4.90 Å². The molecule has 0 aromatic carbocycles. The van der Waals surface area contributed by atoms with Crippen LogP contribution < -0.4 is 0 Å². The molecular weight excluding hydrogens is 188 g/mol. The minimum absolute atomic E-state index is 0.796. The maximum atomic E-state index is 5.02. The van der Waals surface area contributed by atoms with Crippen molar-refractivity contribution < 1.29 is 4.52 Å². The van der Waals surface area contributed by atoms with Gasteiger partial charge in [0, 0.05) is 12.1 Å². The van der Waals surface area contributed by atoms with Gasteiger partial charge >= 0.3 is 0 Å². The maximum Gasteiger partial charge on any atom is 0.159 e. The van der Waals surface area contributed by atoms with Crippen molar-refractivity contribution >= 4 is 6.08 Å². The fourth-order valence-electron chi connectivity index (χ4n) is 2.91. The summed E-state index contributed by atoms with van der Waals surface area (Å²) in [5.74, 6) is 1.81. The van der Waals surface area contributed by atoms with E-state index in [9.17, 15) is 0 Å². The van der Waals surface area contributed by atoms with Crippen molar-refractivity contribution in [1.29, 1.82) is 0 Å². The Balaban J connectivity index is 1.58. The second-order valence-corrected chi connectivity index (χ2v) is 4.49. The van der Waals surface area contributed by atoms with Crippen LogP contribution in [0.1, 0.15) is 25.0 Å². The van der Waals surface area contributed by atoms with Gasteiger partial charge in [0.1, 0.15) is 0 Å².